The molecule has 4 nitrogen and oxygen atoms in total. The lowest BCUT2D eigenvalue weighted by molar-refractivity contribution is 0.302. The van der Waals surface area contributed by atoms with E-state index in [0.717, 1.165) is 42.1 Å². The monoisotopic (exact) mass is 453 g/mol. The van der Waals surface area contributed by atoms with Crippen molar-refractivity contribution in [3.63, 3.8) is 0 Å². The fraction of sp³-hybridized carbons (Fsp3) is 0.391. The molecule has 1 saturated carbocycles. The van der Waals surface area contributed by atoms with Gasteiger partial charge in [0.15, 0.2) is 0 Å². The third-order valence-electron chi connectivity index (χ3n) is 4.90. The van der Waals surface area contributed by atoms with E-state index in [4.69, 9.17) is 5.11 Å². The van der Waals surface area contributed by atoms with Crippen molar-refractivity contribution in [3.8, 4) is 11.3 Å². The quantitative estimate of drug-likeness (QED) is 0.277. The van der Waals surface area contributed by atoms with E-state index in [2.05, 4.69) is 14.4 Å². The van der Waals surface area contributed by atoms with Gasteiger partial charge in [0.05, 0.1) is 17.8 Å². The Morgan fingerprint density at radius 2 is 1.74 bits per heavy atom. The topological polar surface area (TPSA) is 60.1 Å². The van der Waals surface area contributed by atoms with Gasteiger partial charge in [-0.15, -0.1) is 0 Å². The molecule has 0 radical (unpaired) electrons. The number of aliphatic hydroxyl groups is 1. The van der Waals surface area contributed by atoms with Gasteiger partial charge in [0.25, 0.3) is 0 Å². The summed E-state index contributed by atoms with van der Waals surface area (Å²) in [7, 11) is 1.81. The predicted molar refractivity (Wildman–Crippen MR) is 123 cm³/mol. The third-order valence-corrected chi connectivity index (χ3v) is 5.45. The molecule has 3 aromatic rings. The molecule has 0 bridgehead atoms. The van der Waals surface area contributed by atoms with E-state index in [-0.39, 0.29) is 12.4 Å². The Morgan fingerprint density at radius 3 is 2.29 bits per heavy atom. The van der Waals surface area contributed by atoms with Crippen LogP contribution < -0.4 is 9.44 Å². The van der Waals surface area contributed by atoms with Crippen LogP contribution in [0.4, 0.5) is 13.2 Å². The predicted octanol–water partition coefficient (Wildman–Crippen LogP) is 5.90. The largest absolute Gasteiger partial charge is 0.395 e. The molecule has 0 spiro atoms. The minimum Gasteiger partial charge on any atom is -0.395 e. The molecule has 1 fully saturated rings. The van der Waals surface area contributed by atoms with Crippen molar-refractivity contribution < 1.29 is 18.3 Å². The van der Waals surface area contributed by atoms with Crippen LogP contribution in [-0.2, 0) is 0 Å². The number of aromatic nitrogens is 1. The molecule has 0 atom stereocenters. The molecule has 1 heterocycles. The summed E-state index contributed by atoms with van der Waals surface area (Å²) in [5.41, 5.74) is 2.83. The molecule has 0 aliphatic heterocycles. The van der Waals surface area contributed by atoms with Crippen LogP contribution in [0.5, 0.6) is 0 Å². The fourth-order valence-electron chi connectivity index (χ4n) is 3.37. The Kier molecular flexibility index (Phi) is 10.4. The summed E-state index contributed by atoms with van der Waals surface area (Å²) in [5, 5.41) is 8.79. The molecule has 0 amide bonds. The first kappa shape index (κ1) is 25.3. The van der Waals surface area contributed by atoms with Crippen LogP contribution in [0.1, 0.15) is 44.6 Å². The number of aliphatic hydroxyl groups excluding tert-OH is 1. The first-order valence-corrected chi connectivity index (χ1v) is 11.3. The van der Waals surface area contributed by atoms with Gasteiger partial charge in [-0.25, -0.2) is 17.9 Å². The highest BCUT2D eigenvalue weighted by molar-refractivity contribution is 7.95. The van der Waals surface area contributed by atoms with E-state index in [9.17, 15) is 13.2 Å². The number of H-pyrrole nitrogens is 1. The molecule has 0 saturated heterocycles. The molecule has 4 rings (SSSR count). The molecule has 31 heavy (non-hydrogen) atoms. The zero-order valence-electron chi connectivity index (χ0n) is 18.1. The molecule has 2 aromatic carbocycles. The van der Waals surface area contributed by atoms with Gasteiger partial charge in [-0.05, 0) is 67.3 Å². The number of fused-ring (bicyclic) bond motifs is 1. The van der Waals surface area contributed by atoms with Crippen LogP contribution in [-0.4, -0.2) is 30.3 Å². The normalized spacial score (nSPS) is 13.1. The number of nitrogens with one attached hydrogen (secondary N) is 3. The number of rotatable bonds is 6. The standard InChI is InChI=1S/C18H14F3N.C3H10N2OS.C2H6/c19-12-6-4-11(5-7-12)17-16(10-2-1-3-10)14-8-13(20)9-15(21)18(14)22-17;1-4-7-5-2-3-6;1-2/h4-10,22H,1-3H2;4-6H,2-3H2,1H3;1-2H3. The molecule has 1 aliphatic carbocycles. The molecule has 0 unspecified atom stereocenters. The summed E-state index contributed by atoms with van der Waals surface area (Å²) in [6.45, 7) is 4.82. The van der Waals surface area contributed by atoms with Crippen molar-refractivity contribution in [2.45, 2.75) is 39.0 Å². The summed E-state index contributed by atoms with van der Waals surface area (Å²) in [4.78, 5) is 3.08. The van der Waals surface area contributed by atoms with E-state index < -0.39 is 11.6 Å². The average molecular weight is 454 g/mol. The maximum absolute atomic E-state index is 14.1. The lowest BCUT2D eigenvalue weighted by Gasteiger charge is -2.26. The Hall–Kier alpha value is -2.00. The van der Waals surface area contributed by atoms with Gasteiger partial charge in [0, 0.05) is 30.1 Å². The van der Waals surface area contributed by atoms with Gasteiger partial charge in [0.1, 0.15) is 17.5 Å². The fourth-order valence-corrected chi connectivity index (χ4v) is 3.71. The highest BCUT2D eigenvalue weighted by atomic mass is 32.2. The first-order chi connectivity index (χ1) is 15.0. The second kappa shape index (κ2) is 12.8. The van der Waals surface area contributed by atoms with Crippen molar-refractivity contribution in [2.75, 3.05) is 20.2 Å². The molecule has 1 aromatic heterocycles. The van der Waals surface area contributed by atoms with Gasteiger partial charge in [-0.1, -0.05) is 20.3 Å². The van der Waals surface area contributed by atoms with E-state index in [1.807, 2.05) is 20.9 Å². The molecular weight excluding hydrogens is 423 g/mol. The lowest BCUT2D eigenvalue weighted by atomic mass is 9.78. The summed E-state index contributed by atoms with van der Waals surface area (Å²) in [6, 6.07) is 8.35. The highest BCUT2D eigenvalue weighted by Crippen LogP contribution is 2.45. The van der Waals surface area contributed by atoms with Crippen molar-refractivity contribution in [1.82, 2.24) is 14.4 Å². The van der Waals surface area contributed by atoms with Crippen LogP contribution in [0.2, 0.25) is 0 Å². The summed E-state index contributed by atoms with van der Waals surface area (Å²) < 4.78 is 46.5. The lowest BCUT2D eigenvalue weighted by Crippen LogP contribution is -2.13. The van der Waals surface area contributed by atoms with Gasteiger partial charge in [-0.3, -0.25) is 4.72 Å². The summed E-state index contributed by atoms with van der Waals surface area (Å²) in [6.07, 6.45) is 3.15. The van der Waals surface area contributed by atoms with Crippen LogP contribution in [0, 0.1) is 17.5 Å². The van der Waals surface area contributed by atoms with Crippen molar-refractivity contribution in [1.29, 1.82) is 0 Å². The summed E-state index contributed by atoms with van der Waals surface area (Å²) >= 11 is 1.37. The maximum Gasteiger partial charge on any atom is 0.150 e. The Balaban J connectivity index is 0.000000327. The molecule has 170 valence electrons. The Bertz CT molecular complexity index is 939. The molecular formula is C23H30F3N3OS. The maximum atomic E-state index is 14.1. The van der Waals surface area contributed by atoms with Crippen molar-refractivity contribution in [2.24, 2.45) is 0 Å². The van der Waals surface area contributed by atoms with E-state index in [1.165, 1.54) is 30.3 Å². The van der Waals surface area contributed by atoms with E-state index in [0.29, 0.717) is 23.4 Å². The van der Waals surface area contributed by atoms with E-state index >= 15 is 0 Å². The molecule has 8 heteroatoms. The minimum absolute atomic E-state index is 0.189. The second-order valence-electron chi connectivity index (χ2n) is 6.78. The van der Waals surface area contributed by atoms with Gasteiger partial charge < -0.3 is 10.1 Å². The first-order valence-electron chi connectivity index (χ1n) is 10.5. The van der Waals surface area contributed by atoms with Crippen LogP contribution >= 0.6 is 12.1 Å². The summed E-state index contributed by atoms with van der Waals surface area (Å²) in [5.74, 6) is -1.18. The number of hydrogen-bond acceptors (Lipinski definition) is 4. The second-order valence-corrected chi connectivity index (χ2v) is 7.68. The van der Waals surface area contributed by atoms with Crippen LogP contribution in [0.25, 0.3) is 22.2 Å². The average Bonchev–Trinajstić information content (AvgIpc) is 3.09. The van der Waals surface area contributed by atoms with Gasteiger partial charge in [0.2, 0.25) is 0 Å². The van der Waals surface area contributed by atoms with Crippen molar-refractivity contribution >= 4 is 23.0 Å². The zero-order valence-corrected chi connectivity index (χ0v) is 18.9. The Morgan fingerprint density at radius 1 is 1.06 bits per heavy atom. The number of benzene rings is 2. The van der Waals surface area contributed by atoms with Crippen molar-refractivity contribution in [3.05, 3.63) is 59.4 Å². The highest BCUT2D eigenvalue weighted by Gasteiger charge is 2.27. The van der Waals surface area contributed by atoms with Gasteiger partial charge >= 0.3 is 0 Å². The van der Waals surface area contributed by atoms with Gasteiger partial charge in [-0.2, -0.15) is 0 Å². The smallest absolute Gasteiger partial charge is 0.150 e. The third kappa shape index (κ3) is 6.49. The van der Waals surface area contributed by atoms with E-state index in [1.54, 1.807) is 12.1 Å². The molecule has 4 N–H and O–H groups in total. The SMILES string of the molecule is CC.CNSNCCO.Fc1ccc(-c2[nH]c3c(F)cc(F)cc3c2C2CCC2)cc1. The number of hydrogen-bond donors (Lipinski definition) is 4. The number of aromatic amines is 1. The molecule has 1 aliphatic rings. The Labute approximate surface area is 185 Å². The zero-order chi connectivity index (χ0) is 22.8. The van der Waals surface area contributed by atoms with Crippen LogP contribution in [0.15, 0.2) is 36.4 Å². The number of halogens is 3. The van der Waals surface area contributed by atoms with Crippen LogP contribution in [0.3, 0.4) is 0 Å². The minimum atomic E-state index is -0.594.